The Morgan fingerprint density at radius 2 is 1.86 bits per heavy atom. The van der Waals surface area contributed by atoms with Gasteiger partial charge in [0.15, 0.2) is 5.78 Å². The molecule has 0 radical (unpaired) electrons. The normalized spacial score (nSPS) is 9.86. The van der Waals surface area contributed by atoms with Crippen molar-refractivity contribution >= 4 is 17.4 Å². The summed E-state index contributed by atoms with van der Waals surface area (Å²) in [6, 6.07) is 2.81. The van der Waals surface area contributed by atoms with Gasteiger partial charge in [0.2, 0.25) is 0 Å². The average molecular weight is 193 g/mol. The molecule has 0 spiro atoms. The Labute approximate surface area is 81.3 Å². The summed E-state index contributed by atoms with van der Waals surface area (Å²) < 4.78 is 0. The molecule has 0 aromatic heterocycles. The van der Waals surface area contributed by atoms with E-state index in [0.717, 1.165) is 0 Å². The number of anilines is 1. The van der Waals surface area contributed by atoms with Crippen LogP contribution in [0.1, 0.15) is 33.2 Å². The molecule has 0 aliphatic carbocycles. The molecule has 3 N–H and O–H groups in total. The van der Waals surface area contributed by atoms with Gasteiger partial charge in [-0.1, -0.05) is 0 Å². The molecule has 0 bridgehead atoms. The van der Waals surface area contributed by atoms with E-state index in [1.807, 2.05) is 0 Å². The van der Waals surface area contributed by atoms with Crippen molar-refractivity contribution in [3.8, 4) is 0 Å². The van der Waals surface area contributed by atoms with Crippen molar-refractivity contribution in [2.24, 2.45) is 0 Å². The molecule has 14 heavy (non-hydrogen) atoms. The van der Waals surface area contributed by atoms with E-state index in [9.17, 15) is 9.59 Å². The molecule has 1 aromatic rings. The zero-order chi connectivity index (χ0) is 10.9. The predicted molar refractivity (Wildman–Crippen MR) is 52.6 cm³/mol. The lowest BCUT2D eigenvalue weighted by Gasteiger charge is -2.06. The molecule has 4 heteroatoms. The minimum atomic E-state index is -1.05. The average Bonchev–Trinajstić information content (AvgIpc) is 2.02. The van der Waals surface area contributed by atoms with Crippen molar-refractivity contribution < 1.29 is 14.7 Å². The highest BCUT2D eigenvalue weighted by molar-refractivity contribution is 6.02. The van der Waals surface area contributed by atoms with Crippen molar-refractivity contribution in [1.82, 2.24) is 0 Å². The van der Waals surface area contributed by atoms with E-state index in [1.54, 1.807) is 6.92 Å². The number of aryl methyl sites for hydroxylation is 1. The Morgan fingerprint density at radius 3 is 2.29 bits per heavy atom. The number of nitrogens with two attached hydrogens (primary N) is 1. The van der Waals surface area contributed by atoms with Crippen LogP contribution in [-0.2, 0) is 0 Å². The SMILES string of the molecule is CC(=O)c1cc(C(=O)O)c(C)cc1N. The van der Waals surface area contributed by atoms with Crippen LogP contribution in [0.2, 0.25) is 0 Å². The smallest absolute Gasteiger partial charge is 0.335 e. The Morgan fingerprint density at radius 1 is 1.29 bits per heavy atom. The van der Waals surface area contributed by atoms with Crippen LogP contribution < -0.4 is 5.73 Å². The van der Waals surface area contributed by atoms with Crippen LogP contribution in [0.25, 0.3) is 0 Å². The molecule has 0 fully saturated rings. The molecule has 0 saturated heterocycles. The van der Waals surface area contributed by atoms with Gasteiger partial charge in [-0.3, -0.25) is 4.79 Å². The van der Waals surface area contributed by atoms with Crippen molar-refractivity contribution in [3.05, 3.63) is 28.8 Å². The topological polar surface area (TPSA) is 80.4 Å². The molecule has 0 aliphatic rings. The largest absolute Gasteiger partial charge is 0.478 e. The highest BCUT2D eigenvalue weighted by Gasteiger charge is 2.12. The third-order valence-electron chi connectivity index (χ3n) is 2.01. The van der Waals surface area contributed by atoms with E-state index in [0.29, 0.717) is 11.3 Å². The highest BCUT2D eigenvalue weighted by Crippen LogP contribution is 2.19. The zero-order valence-electron chi connectivity index (χ0n) is 8.00. The second kappa shape index (κ2) is 3.49. The van der Waals surface area contributed by atoms with Crippen molar-refractivity contribution in [1.29, 1.82) is 0 Å². The van der Waals surface area contributed by atoms with Crippen LogP contribution in [0.15, 0.2) is 12.1 Å². The predicted octanol–water partition coefficient (Wildman–Crippen LogP) is 1.48. The lowest BCUT2D eigenvalue weighted by Crippen LogP contribution is -2.06. The van der Waals surface area contributed by atoms with Gasteiger partial charge in [-0.25, -0.2) is 4.79 Å². The number of carbonyl (C=O) groups is 2. The number of nitrogen functional groups attached to an aromatic ring is 1. The number of ketones is 1. The molecule has 0 heterocycles. The Hall–Kier alpha value is -1.84. The maximum atomic E-state index is 11.1. The summed E-state index contributed by atoms with van der Waals surface area (Å²) in [5.74, 6) is -1.28. The van der Waals surface area contributed by atoms with E-state index in [-0.39, 0.29) is 16.9 Å². The van der Waals surface area contributed by atoms with Gasteiger partial charge in [-0.2, -0.15) is 0 Å². The number of benzene rings is 1. The highest BCUT2D eigenvalue weighted by atomic mass is 16.4. The van der Waals surface area contributed by atoms with Gasteiger partial charge in [0.1, 0.15) is 0 Å². The molecule has 0 aliphatic heterocycles. The summed E-state index contributed by atoms with van der Waals surface area (Å²) >= 11 is 0. The summed E-state index contributed by atoms with van der Waals surface area (Å²) in [7, 11) is 0. The number of Topliss-reactive ketones (excluding diaryl/α,β-unsaturated/α-hetero) is 1. The molecule has 4 nitrogen and oxygen atoms in total. The summed E-state index contributed by atoms with van der Waals surface area (Å²) in [4.78, 5) is 21.8. The number of hydrogen-bond donors (Lipinski definition) is 2. The number of rotatable bonds is 2. The van der Waals surface area contributed by atoms with E-state index < -0.39 is 5.97 Å². The van der Waals surface area contributed by atoms with E-state index >= 15 is 0 Å². The van der Waals surface area contributed by atoms with Gasteiger partial charge in [-0.15, -0.1) is 0 Å². The van der Waals surface area contributed by atoms with Crippen molar-refractivity contribution in [2.75, 3.05) is 5.73 Å². The van der Waals surface area contributed by atoms with Gasteiger partial charge >= 0.3 is 5.97 Å². The van der Waals surface area contributed by atoms with Crippen LogP contribution >= 0.6 is 0 Å². The molecule has 0 amide bonds. The van der Waals surface area contributed by atoms with Gasteiger partial charge in [0.05, 0.1) is 5.56 Å². The molecule has 74 valence electrons. The third kappa shape index (κ3) is 1.74. The molecular formula is C10H11NO3. The van der Waals surface area contributed by atoms with Crippen LogP contribution in [0.4, 0.5) is 5.69 Å². The van der Waals surface area contributed by atoms with Crippen LogP contribution in [0.3, 0.4) is 0 Å². The molecule has 0 atom stereocenters. The van der Waals surface area contributed by atoms with E-state index in [1.165, 1.54) is 19.1 Å². The fraction of sp³-hybridized carbons (Fsp3) is 0.200. The lowest BCUT2D eigenvalue weighted by molar-refractivity contribution is 0.0696. The second-order valence-corrected chi connectivity index (χ2v) is 3.12. The zero-order valence-corrected chi connectivity index (χ0v) is 8.00. The number of aromatic carboxylic acids is 1. The maximum absolute atomic E-state index is 11.1. The molecule has 1 aromatic carbocycles. The summed E-state index contributed by atoms with van der Waals surface area (Å²) in [5.41, 5.74) is 6.83. The van der Waals surface area contributed by atoms with Gasteiger partial charge in [0, 0.05) is 11.3 Å². The maximum Gasteiger partial charge on any atom is 0.335 e. The summed E-state index contributed by atoms with van der Waals surface area (Å²) in [6.45, 7) is 3.00. The number of hydrogen-bond acceptors (Lipinski definition) is 3. The first-order valence-electron chi connectivity index (χ1n) is 4.08. The summed E-state index contributed by atoms with van der Waals surface area (Å²) in [5, 5.41) is 8.81. The van der Waals surface area contributed by atoms with Crippen LogP contribution in [0.5, 0.6) is 0 Å². The van der Waals surface area contributed by atoms with Crippen LogP contribution in [0, 0.1) is 6.92 Å². The molecular weight excluding hydrogens is 182 g/mol. The molecule has 0 unspecified atom stereocenters. The minimum absolute atomic E-state index is 0.115. The lowest BCUT2D eigenvalue weighted by atomic mass is 10.0. The second-order valence-electron chi connectivity index (χ2n) is 3.12. The standard InChI is InChI=1S/C10H11NO3/c1-5-3-9(11)8(6(2)12)4-7(5)10(13)14/h3-4H,11H2,1-2H3,(H,13,14). The van der Waals surface area contributed by atoms with Crippen molar-refractivity contribution in [3.63, 3.8) is 0 Å². The Kier molecular flexibility index (Phi) is 2.56. The van der Waals surface area contributed by atoms with Crippen LogP contribution in [-0.4, -0.2) is 16.9 Å². The van der Waals surface area contributed by atoms with E-state index in [4.69, 9.17) is 10.8 Å². The Balaban J connectivity index is 3.42. The fourth-order valence-electron chi connectivity index (χ4n) is 1.27. The number of carboxylic acids is 1. The van der Waals surface area contributed by atoms with E-state index in [2.05, 4.69) is 0 Å². The number of carbonyl (C=O) groups excluding carboxylic acids is 1. The third-order valence-corrected chi connectivity index (χ3v) is 2.01. The first-order valence-corrected chi connectivity index (χ1v) is 4.08. The van der Waals surface area contributed by atoms with Gasteiger partial charge in [-0.05, 0) is 31.5 Å². The quantitative estimate of drug-likeness (QED) is 0.550. The Bertz CT molecular complexity index is 375. The van der Waals surface area contributed by atoms with Gasteiger partial charge in [0.25, 0.3) is 0 Å². The fourth-order valence-corrected chi connectivity index (χ4v) is 1.27. The minimum Gasteiger partial charge on any atom is -0.478 e. The first-order chi connectivity index (χ1) is 6.43. The van der Waals surface area contributed by atoms with Crippen molar-refractivity contribution in [2.45, 2.75) is 13.8 Å². The number of carboxylic acid groups (broad SMARTS) is 1. The van der Waals surface area contributed by atoms with Gasteiger partial charge < -0.3 is 10.8 Å². The first kappa shape index (κ1) is 10.2. The molecule has 0 saturated carbocycles. The monoisotopic (exact) mass is 193 g/mol. The summed E-state index contributed by atoms with van der Waals surface area (Å²) in [6.07, 6.45) is 0. The molecule has 1 rings (SSSR count).